The lowest BCUT2D eigenvalue weighted by atomic mass is 10.0. The second-order valence-corrected chi connectivity index (χ2v) is 8.53. The molecule has 2 heterocycles. The van der Waals surface area contributed by atoms with Gasteiger partial charge in [-0.15, -0.1) is 0 Å². The molecule has 1 aliphatic rings. The van der Waals surface area contributed by atoms with E-state index < -0.39 is 0 Å². The number of carbonyl (C=O) groups excluding carboxylic acids is 1. The number of hydrogen-bond acceptors (Lipinski definition) is 4. The Kier molecular flexibility index (Phi) is 6.90. The van der Waals surface area contributed by atoms with Crippen molar-refractivity contribution in [2.75, 3.05) is 13.7 Å². The average molecular weight is 433 g/mol. The topological polar surface area (TPSA) is 59.4 Å². The van der Waals surface area contributed by atoms with E-state index in [0.29, 0.717) is 29.6 Å². The SMILES string of the molecule is COc1ccccc1-c1nn(C)cc1C(=O)NCc1ccccc1CN1CCCCC1C. The largest absolute Gasteiger partial charge is 0.496 e. The molecule has 32 heavy (non-hydrogen) atoms. The molecule has 0 spiro atoms. The van der Waals surface area contributed by atoms with Crippen molar-refractivity contribution in [2.45, 2.75) is 45.3 Å². The van der Waals surface area contributed by atoms with Crippen LogP contribution < -0.4 is 10.1 Å². The highest BCUT2D eigenvalue weighted by molar-refractivity contribution is 6.00. The predicted molar refractivity (Wildman–Crippen MR) is 127 cm³/mol. The van der Waals surface area contributed by atoms with E-state index in [0.717, 1.165) is 24.2 Å². The van der Waals surface area contributed by atoms with Crippen molar-refractivity contribution in [1.82, 2.24) is 20.0 Å². The summed E-state index contributed by atoms with van der Waals surface area (Å²) in [6.45, 7) is 4.86. The number of aromatic nitrogens is 2. The van der Waals surface area contributed by atoms with Crippen LogP contribution in [0.2, 0.25) is 0 Å². The molecule has 1 unspecified atom stereocenters. The van der Waals surface area contributed by atoms with Gasteiger partial charge in [-0.2, -0.15) is 5.10 Å². The molecule has 3 aromatic rings. The van der Waals surface area contributed by atoms with E-state index >= 15 is 0 Å². The molecule has 2 aromatic carbocycles. The number of amides is 1. The first-order valence-electron chi connectivity index (χ1n) is 11.3. The second kappa shape index (κ2) is 10.0. The Hall–Kier alpha value is -3.12. The van der Waals surface area contributed by atoms with Crippen LogP contribution in [-0.4, -0.2) is 40.3 Å². The molecule has 0 aliphatic carbocycles. The third-order valence-corrected chi connectivity index (χ3v) is 6.31. The van der Waals surface area contributed by atoms with Gasteiger partial charge in [0.05, 0.1) is 12.7 Å². The highest BCUT2D eigenvalue weighted by Gasteiger charge is 2.21. The van der Waals surface area contributed by atoms with Gasteiger partial charge in [-0.25, -0.2) is 0 Å². The third kappa shape index (κ3) is 4.86. The van der Waals surface area contributed by atoms with E-state index in [1.165, 1.54) is 24.8 Å². The van der Waals surface area contributed by atoms with Gasteiger partial charge in [-0.3, -0.25) is 14.4 Å². The van der Waals surface area contributed by atoms with Gasteiger partial charge >= 0.3 is 0 Å². The van der Waals surface area contributed by atoms with E-state index in [4.69, 9.17) is 4.74 Å². The molecule has 1 aromatic heterocycles. The van der Waals surface area contributed by atoms with Gasteiger partial charge in [-0.05, 0) is 49.6 Å². The molecule has 0 radical (unpaired) electrons. The fourth-order valence-electron chi connectivity index (χ4n) is 4.46. The summed E-state index contributed by atoms with van der Waals surface area (Å²) in [6, 6.07) is 16.6. The van der Waals surface area contributed by atoms with Crippen LogP contribution in [0.15, 0.2) is 54.7 Å². The van der Waals surface area contributed by atoms with Gasteiger partial charge in [-0.1, -0.05) is 42.8 Å². The van der Waals surface area contributed by atoms with Crippen molar-refractivity contribution in [3.63, 3.8) is 0 Å². The number of nitrogens with zero attached hydrogens (tertiary/aromatic N) is 3. The number of piperidine rings is 1. The number of nitrogens with one attached hydrogen (secondary N) is 1. The zero-order valence-corrected chi connectivity index (χ0v) is 19.2. The maximum absolute atomic E-state index is 13.2. The maximum atomic E-state index is 13.2. The van der Waals surface area contributed by atoms with Crippen molar-refractivity contribution < 1.29 is 9.53 Å². The van der Waals surface area contributed by atoms with Crippen LogP contribution in [0.25, 0.3) is 11.3 Å². The molecule has 0 bridgehead atoms. The number of methoxy groups -OCH3 is 1. The number of carbonyl (C=O) groups is 1. The Morgan fingerprint density at radius 1 is 1.12 bits per heavy atom. The fourth-order valence-corrected chi connectivity index (χ4v) is 4.46. The molecular formula is C26H32N4O2. The molecule has 1 N–H and O–H groups in total. The fraction of sp³-hybridized carbons (Fsp3) is 0.385. The third-order valence-electron chi connectivity index (χ3n) is 6.31. The molecule has 168 valence electrons. The van der Waals surface area contributed by atoms with Crippen molar-refractivity contribution >= 4 is 5.91 Å². The molecular weight excluding hydrogens is 400 g/mol. The highest BCUT2D eigenvalue weighted by Crippen LogP contribution is 2.31. The number of aryl methyl sites for hydroxylation is 1. The van der Waals surface area contributed by atoms with Crippen LogP contribution in [0.1, 0.15) is 47.7 Å². The summed E-state index contributed by atoms with van der Waals surface area (Å²) in [7, 11) is 3.45. The molecule has 1 atom stereocenters. The number of ether oxygens (including phenoxy) is 1. The Bertz CT molecular complexity index is 1080. The molecule has 1 amide bonds. The van der Waals surface area contributed by atoms with E-state index in [2.05, 4.69) is 40.4 Å². The monoisotopic (exact) mass is 432 g/mol. The smallest absolute Gasteiger partial charge is 0.255 e. The summed E-state index contributed by atoms with van der Waals surface area (Å²) < 4.78 is 7.15. The quantitative estimate of drug-likeness (QED) is 0.601. The predicted octanol–water partition coefficient (Wildman–Crippen LogP) is 4.40. The summed E-state index contributed by atoms with van der Waals surface area (Å²) in [6.07, 6.45) is 5.59. The Morgan fingerprint density at radius 2 is 1.88 bits per heavy atom. The van der Waals surface area contributed by atoms with Gasteiger partial charge in [0.25, 0.3) is 5.91 Å². The molecule has 4 rings (SSSR count). The van der Waals surface area contributed by atoms with Gasteiger partial charge < -0.3 is 10.1 Å². The molecule has 1 saturated heterocycles. The molecule has 6 nitrogen and oxygen atoms in total. The Labute approximate surface area is 190 Å². The van der Waals surface area contributed by atoms with Gasteiger partial charge in [0, 0.05) is 37.9 Å². The van der Waals surface area contributed by atoms with Crippen LogP contribution in [0.5, 0.6) is 5.75 Å². The van der Waals surface area contributed by atoms with Crippen molar-refractivity contribution in [1.29, 1.82) is 0 Å². The average Bonchev–Trinajstić information content (AvgIpc) is 3.21. The zero-order chi connectivity index (χ0) is 22.5. The van der Waals surface area contributed by atoms with Crippen LogP contribution in [-0.2, 0) is 20.1 Å². The zero-order valence-electron chi connectivity index (χ0n) is 19.2. The molecule has 6 heteroatoms. The second-order valence-electron chi connectivity index (χ2n) is 8.53. The summed E-state index contributed by atoms with van der Waals surface area (Å²) in [5, 5.41) is 7.65. The number of hydrogen-bond donors (Lipinski definition) is 1. The minimum Gasteiger partial charge on any atom is -0.496 e. The van der Waals surface area contributed by atoms with Crippen molar-refractivity contribution in [3.05, 3.63) is 71.4 Å². The summed E-state index contributed by atoms with van der Waals surface area (Å²) >= 11 is 0. The van der Waals surface area contributed by atoms with Crippen LogP contribution in [0, 0.1) is 0 Å². The van der Waals surface area contributed by atoms with E-state index in [1.807, 2.05) is 37.4 Å². The molecule has 0 saturated carbocycles. The lowest BCUT2D eigenvalue weighted by Crippen LogP contribution is -2.37. The number of para-hydroxylation sites is 1. The van der Waals surface area contributed by atoms with Crippen molar-refractivity contribution in [2.24, 2.45) is 7.05 Å². The highest BCUT2D eigenvalue weighted by atomic mass is 16.5. The maximum Gasteiger partial charge on any atom is 0.255 e. The van der Waals surface area contributed by atoms with E-state index in [-0.39, 0.29) is 5.91 Å². The van der Waals surface area contributed by atoms with Gasteiger partial charge in [0.1, 0.15) is 11.4 Å². The molecule has 1 aliphatic heterocycles. The van der Waals surface area contributed by atoms with Crippen LogP contribution in [0.3, 0.4) is 0 Å². The minimum absolute atomic E-state index is 0.139. The lowest BCUT2D eigenvalue weighted by Gasteiger charge is -2.33. The minimum atomic E-state index is -0.139. The Morgan fingerprint density at radius 3 is 2.66 bits per heavy atom. The van der Waals surface area contributed by atoms with Crippen LogP contribution >= 0.6 is 0 Å². The first kappa shape index (κ1) is 22.1. The van der Waals surface area contributed by atoms with E-state index in [1.54, 1.807) is 18.0 Å². The standard InChI is InChI=1S/C26H32N4O2/c1-19-10-8-9-15-30(19)17-21-12-5-4-11-20(21)16-27-26(31)23-18-29(2)28-25(23)22-13-6-7-14-24(22)32-3/h4-7,11-14,18-19H,8-10,15-17H2,1-3H3,(H,27,31). The first-order chi connectivity index (χ1) is 15.6. The summed E-state index contributed by atoms with van der Waals surface area (Å²) in [5.41, 5.74) is 4.40. The summed E-state index contributed by atoms with van der Waals surface area (Å²) in [5.74, 6) is 0.557. The normalized spacial score (nSPS) is 16.7. The Balaban J connectivity index is 1.51. The number of rotatable bonds is 7. The van der Waals surface area contributed by atoms with Gasteiger partial charge in [0.15, 0.2) is 0 Å². The van der Waals surface area contributed by atoms with Gasteiger partial charge in [0.2, 0.25) is 0 Å². The number of likely N-dealkylation sites (tertiary alicyclic amines) is 1. The summed E-state index contributed by atoms with van der Waals surface area (Å²) in [4.78, 5) is 15.7. The lowest BCUT2D eigenvalue weighted by molar-refractivity contribution is 0.0951. The van der Waals surface area contributed by atoms with Crippen molar-refractivity contribution in [3.8, 4) is 17.0 Å². The number of benzene rings is 2. The van der Waals surface area contributed by atoms with Crippen LogP contribution in [0.4, 0.5) is 0 Å². The molecule has 1 fully saturated rings. The van der Waals surface area contributed by atoms with E-state index in [9.17, 15) is 4.79 Å². The first-order valence-corrected chi connectivity index (χ1v) is 11.3.